The Morgan fingerprint density at radius 1 is 1.03 bits per heavy atom. The summed E-state index contributed by atoms with van der Waals surface area (Å²) in [6.07, 6.45) is -3.64. The number of amides is 2. The van der Waals surface area contributed by atoms with Crippen LogP contribution in [0.1, 0.15) is 53.5 Å². The van der Waals surface area contributed by atoms with Crippen LogP contribution in [-0.2, 0) is 48.1 Å². The number of para-hydroxylation sites is 1. The summed E-state index contributed by atoms with van der Waals surface area (Å²) in [5, 5.41) is 15.1. The van der Waals surface area contributed by atoms with Gasteiger partial charge in [-0.15, -0.1) is 0 Å². The van der Waals surface area contributed by atoms with Crippen molar-refractivity contribution in [2.45, 2.75) is 56.8 Å². The van der Waals surface area contributed by atoms with Crippen LogP contribution < -0.4 is 20.3 Å². The summed E-state index contributed by atoms with van der Waals surface area (Å²) < 4.78 is 107. The van der Waals surface area contributed by atoms with Crippen molar-refractivity contribution in [3.8, 4) is 11.1 Å². The largest absolute Gasteiger partial charge is 0.435 e. The van der Waals surface area contributed by atoms with Gasteiger partial charge < -0.3 is 20.3 Å². The van der Waals surface area contributed by atoms with E-state index >= 15 is 8.78 Å². The molecule has 2 aliphatic heterocycles. The third-order valence-electron chi connectivity index (χ3n) is 11.5. The van der Waals surface area contributed by atoms with E-state index in [1.54, 1.807) is 11.7 Å². The number of nitrogens with one attached hydrogen (secondary N) is 3. The first kappa shape index (κ1) is 40.0. The van der Waals surface area contributed by atoms with Crippen molar-refractivity contribution >= 4 is 67.3 Å². The van der Waals surface area contributed by atoms with Crippen molar-refractivity contribution in [1.29, 1.82) is 0 Å². The predicted molar refractivity (Wildman–Crippen MR) is 212 cm³/mol. The molecule has 1 aliphatic carbocycles. The lowest BCUT2D eigenvalue weighted by atomic mass is 9.73. The number of carbonyl (C=O) groups is 2. The Morgan fingerprint density at radius 2 is 1.78 bits per heavy atom. The Labute approximate surface area is 345 Å². The Morgan fingerprint density at radius 3 is 2.45 bits per heavy atom. The lowest BCUT2D eigenvalue weighted by Gasteiger charge is -2.46. The number of hydrogen-bond donors (Lipinski definition) is 3. The maximum Gasteiger partial charge on any atom is 0.435 e. The highest BCUT2D eigenvalue weighted by Crippen LogP contribution is 2.47. The maximum absolute atomic E-state index is 15.1. The number of alkyl halides is 5. The fourth-order valence-corrected chi connectivity index (χ4v) is 9.94. The number of carbonyl (C=O) groups excluding carboxylic acids is 2. The van der Waals surface area contributed by atoms with Gasteiger partial charge in [0.05, 0.1) is 27.4 Å². The minimum Gasteiger partial charge on any atom is -0.354 e. The van der Waals surface area contributed by atoms with Gasteiger partial charge in [0.15, 0.2) is 22.3 Å². The fraction of sp³-hybridized carbons (Fsp3) is 0.385. The Bertz CT molecular complexity index is 2680. The lowest BCUT2D eigenvalue weighted by molar-refractivity contribution is -0.142. The summed E-state index contributed by atoms with van der Waals surface area (Å²) in [4.78, 5) is 38.3. The molecule has 3 N–H and O–H groups in total. The highest BCUT2D eigenvalue weighted by atomic mass is 32.2. The third kappa shape index (κ3) is 6.97. The average Bonchev–Trinajstić information content (AvgIpc) is 3.95. The molecule has 0 saturated carbocycles. The van der Waals surface area contributed by atoms with Crippen LogP contribution in [0.15, 0.2) is 42.5 Å². The number of hydrogen-bond acceptors (Lipinski definition) is 10. The SMILES string of the molecule is CSNc1nn(C)c2c(-c3cc4sc(N5CCC6(CC5)CNC6=O)nc4nc3C(Cc3cc(F)cc(F)c3)NC(=O)Cn3nc(C(F)(F)F)c4c3C(F)(F)CC4)cccc12. The summed E-state index contributed by atoms with van der Waals surface area (Å²) in [6, 6.07) is 8.94. The zero-order chi connectivity index (χ0) is 42.3. The van der Waals surface area contributed by atoms with Crippen molar-refractivity contribution in [3.05, 3.63) is 82.3 Å². The number of β-lactam (4-membered cyclic amide) rings is 1. The molecule has 0 bridgehead atoms. The highest BCUT2D eigenvalue weighted by Gasteiger charge is 2.51. The number of nitrogens with zero attached hydrogens (tertiary/aromatic N) is 7. The maximum atomic E-state index is 15.1. The number of pyridine rings is 1. The van der Waals surface area contributed by atoms with Gasteiger partial charge in [-0.05, 0) is 55.5 Å². The molecule has 21 heteroatoms. The first-order valence-electron chi connectivity index (χ1n) is 18.9. The van der Waals surface area contributed by atoms with E-state index in [0.717, 1.165) is 17.5 Å². The van der Waals surface area contributed by atoms with Gasteiger partial charge in [0, 0.05) is 67.5 Å². The van der Waals surface area contributed by atoms with Gasteiger partial charge in [0.2, 0.25) is 11.8 Å². The Kier molecular flexibility index (Phi) is 9.75. The molecule has 1 atom stereocenters. The molecule has 6 aromatic rings. The number of halogens is 7. The van der Waals surface area contributed by atoms with Crippen molar-refractivity contribution < 1.29 is 40.3 Å². The van der Waals surface area contributed by atoms with Gasteiger partial charge in [-0.25, -0.2) is 13.8 Å². The number of piperidine rings is 1. The summed E-state index contributed by atoms with van der Waals surface area (Å²) >= 11 is 2.71. The average molecular weight is 873 g/mol. The molecular weight excluding hydrogens is 838 g/mol. The van der Waals surface area contributed by atoms with Crippen LogP contribution in [0.4, 0.5) is 41.7 Å². The fourth-order valence-electron chi connectivity index (χ4n) is 8.59. The van der Waals surface area contributed by atoms with Gasteiger partial charge >= 0.3 is 6.18 Å². The quantitative estimate of drug-likeness (QED) is 0.0738. The second kappa shape index (κ2) is 14.6. The van der Waals surface area contributed by atoms with E-state index in [0.29, 0.717) is 75.5 Å². The predicted octanol–water partition coefficient (Wildman–Crippen LogP) is 7.28. The van der Waals surface area contributed by atoms with Crippen molar-refractivity contribution in [2.75, 3.05) is 35.5 Å². The molecule has 0 radical (unpaired) electrons. The third-order valence-corrected chi connectivity index (χ3v) is 12.9. The molecule has 2 aromatic carbocycles. The van der Waals surface area contributed by atoms with Crippen molar-refractivity contribution in [2.24, 2.45) is 12.5 Å². The van der Waals surface area contributed by atoms with Crippen LogP contribution in [0.25, 0.3) is 32.4 Å². The van der Waals surface area contributed by atoms with E-state index < -0.39 is 72.0 Å². The van der Waals surface area contributed by atoms with Crippen molar-refractivity contribution in [3.63, 3.8) is 0 Å². The first-order valence-corrected chi connectivity index (χ1v) is 21.0. The Balaban J connectivity index is 1.17. The van der Waals surface area contributed by atoms with E-state index in [4.69, 9.17) is 9.97 Å². The monoisotopic (exact) mass is 872 g/mol. The number of benzene rings is 2. The summed E-state index contributed by atoms with van der Waals surface area (Å²) in [5.74, 6) is -5.85. The number of rotatable bonds is 10. The minimum absolute atomic E-state index is 0.0420. The smallest absolute Gasteiger partial charge is 0.354 e. The zero-order valence-electron chi connectivity index (χ0n) is 31.9. The van der Waals surface area contributed by atoms with Crippen LogP contribution >= 0.6 is 23.3 Å². The molecule has 1 spiro atoms. The van der Waals surface area contributed by atoms with Crippen LogP contribution in [0.2, 0.25) is 0 Å². The van der Waals surface area contributed by atoms with E-state index in [9.17, 15) is 31.5 Å². The van der Waals surface area contributed by atoms with E-state index in [-0.39, 0.29) is 34.6 Å². The Hall–Kier alpha value is -5.44. The molecule has 12 nitrogen and oxygen atoms in total. The van der Waals surface area contributed by atoms with Crippen molar-refractivity contribution in [1.82, 2.24) is 40.2 Å². The van der Waals surface area contributed by atoms with E-state index in [1.807, 2.05) is 30.5 Å². The molecule has 60 heavy (non-hydrogen) atoms. The molecule has 2 saturated heterocycles. The summed E-state index contributed by atoms with van der Waals surface area (Å²) in [7, 11) is 1.75. The topological polar surface area (TPSA) is 135 Å². The summed E-state index contributed by atoms with van der Waals surface area (Å²) in [6.45, 7) is 0.750. The second-order valence-corrected chi connectivity index (χ2v) is 16.9. The minimum atomic E-state index is -5.05. The number of thiazole rings is 1. The lowest BCUT2D eigenvalue weighted by Crippen LogP contribution is -2.62. The standard InChI is InChI=1S/C39H35F7N10O2S2/c1-54-30-22(4-3-5-23(30)33(52-54)53-59-2)25-16-27-34(50-36(60-27)55-10-8-37(9-11-55)18-47-35(37)58)49-29(25)26(14-19-12-20(40)15-21(41)13-19)48-28(57)17-56-32-24(6-7-38(32,42)43)31(51-56)39(44,45)46/h3-5,12-13,15-16,26H,6-11,14,17-18H2,1-2H3,(H,47,58)(H,48,57)(H,52,53). The molecule has 6 heterocycles. The van der Waals surface area contributed by atoms with Gasteiger partial charge in [-0.3, -0.25) is 19.0 Å². The van der Waals surface area contributed by atoms with Crippen LogP contribution in [-0.4, -0.2) is 67.2 Å². The summed E-state index contributed by atoms with van der Waals surface area (Å²) in [5.41, 5.74) is -1.22. The zero-order valence-corrected chi connectivity index (χ0v) is 33.5. The van der Waals surface area contributed by atoms with E-state index in [1.165, 1.54) is 23.3 Å². The number of aromatic nitrogens is 6. The molecule has 1 unspecified atom stereocenters. The molecular formula is C39H35F7N10O2S2. The van der Waals surface area contributed by atoms with Gasteiger partial charge in [-0.2, -0.15) is 37.1 Å². The van der Waals surface area contributed by atoms with Gasteiger partial charge in [0.25, 0.3) is 5.92 Å². The number of aryl methyl sites for hydroxylation is 1. The second-order valence-electron chi connectivity index (χ2n) is 15.3. The number of anilines is 2. The van der Waals surface area contributed by atoms with Gasteiger partial charge in [0.1, 0.15) is 23.9 Å². The molecule has 2 fully saturated rings. The molecule has 9 rings (SSSR count). The molecule has 3 aliphatic rings. The van der Waals surface area contributed by atoms with Crippen LogP contribution in [0.3, 0.4) is 0 Å². The molecule has 314 valence electrons. The van der Waals surface area contributed by atoms with Crippen LogP contribution in [0.5, 0.6) is 0 Å². The van der Waals surface area contributed by atoms with Gasteiger partial charge in [-0.1, -0.05) is 35.4 Å². The highest BCUT2D eigenvalue weighted by molar-refractivity contribution is 7.99. The van der Waals surface area contributed by atoms with E-state index in [2.05, 4.69) is 30.5 Å². The normalized spacial score (nSPS) is 17.6. The first-order chi connectivity index (χ1) is 28.5. The number of fused-ring (bicyclic) bond motifs is 3. The van der Waals surface area contributed by atoms with Crippen LogP contribution in [0, 0.1) is 17.0 Å². The molecule has 2 amide bonds. The molecule has 4 aromatic heterocycles.